The molecule has 194 valence electrons. The number of ether oxygens (including phenoxy) is 1. The highest BCUT2D eigenvalue weighted by molar-refractivity contribution is 5.73. The first-order chi connectivity index (χ1) is 15.6. The van der Waals surface area contributed by atoms with Crippen LogP contribution in [0.5, 0.6) is 0 Å². The summed E-state index contributed by atoms with van der Waals surface area (Å²) in [5.41, 5.74) is 0. The Morgan fingerprint density at radius 1 is 1.15 bits per heavy atom. The molecule has 2 fully saturated rings. The van der Waals surface area contributed by atoms with Crippen molar-refractivity contribution in [2.75, 3.05) is 32.8 Å². The summed E-state index contributed by atoms with van der Waals surface area (Å²) in [5, 5.41) is 14.2. The number of hydrogen-bond donors (Lipinski definition) is 2. The van der Waals surface area contributed by atoms with Crippen molar-refractivity contribution in [3.8, 4) is 0 Å². The third-order valence-electron chi connectivity index (χ3n) is 4.88. The van der Waals surface area contributed by atoms with Crippen LogP contribution in [-0.2, 0) is 27.9 Å². The van der Waals surface area contributed by atoms with Crippen LogP contribution in [0.4, 0.5) is 26.3 Å². The van der Waals surface area contributed by atoms with E-state index in [1.54, 1.807) is 0 Å². The predicted molar refractivity (Wildman–Crippen MR) is 106 cm³/mol. The highest BCUT2D eigenvalue weighted by Crippen LogP contribution is 2.24. The zero-order valence-corrected chi connectivity index (χ0v) is 18.2. The van der Waals surface area contributed by atoms with E-state index in [1.165, 1.54) is 0 Å². The number of carboxylic acids is 2. The third-order valence-corrected chi connectivity index (χ3v) is 4.88. The summed E-state index contributed by atoms with van der Waals surface area (Å²) in [6.45, 7) is 9.81. The molecule has 2 aliphatic heterocycles. The Balaban J connectivity index is 0.000000343. The molecule has 0 radical (unpaired) electrons. The average Bonchev–Trinajstić information content (AvgIpc) is 3.31. The molecule has 0 amide bonds. The Morgan fingerprint density at radius 3 is 2.15 bits per heavy atom. The van der Waals surface area contributed by atoms with E-state index in [2.05, 4.69) is 33.0 Å². The molecule has 0 aromatic carbocycles. The summed E-state index contributed by atoms with van der Waals surface area (Å²) in [7, 11) is 2.06. The molecule has 2 saturated heterocycles. The van der Waals surface area contributed by atoms with Crippen LogP contribution in [0.3, 0.4) is 0 Å². The summed E-state index contributed by atoms with van der Waals surface area (Å²) >= 11 is 0. The molecule has 9 nitrogen and oxygen atoms in total. The van der Waals surface area contributed by atoms with E-state index in [9.17, 15) is 26.3 Å². The highest BCUT2D eigenvalue weighted by Gasteiger charge is 2.39. The molecule has 0 unspecified atom stereocenters. The molecule has 0 saturated carbocycles. The second kappa shape index (κ2) is 12.7. The molecule has 1 aromatic heterocycles. The molecule has 2 N–H and O–H groups in total. The lowest BCUT2D eigenvalue weighted by molar-refractivity contribution is -0.193. The van der Waals surface area contributed by atoms with Crippen molar-refractivity contribution in [3.63, 3.8) is 0 Å². The maximum atomic E-state index is 10.6. The van der Waals surface area contributed by atoms with E-state index in [4.69, 9.17) is 24.5 Å². The number of carbonyl (C=O) groups is 2. The number of aryl methyl sites for hydroxylation is 1. The van der Waals surface area contributed by atoms with Crippen LogP contribution >= 0.6 is 0 Å². The Morgan fingerprint density at radius 2 is 1.71 bits per heavy atom. The van der Waals surface area contributed by atoms with Gasteiger partial charge in [-0.1, -0.05) is 6.08 Å². The van der Waals surface area contributed by atoms with Crippen molar-refractivity contribution in [1.82, 2.24) is 19.4 Å². The number of aromatic nitrogens is 2. The van der Waals surface area contributed by atoms with Gasteiger partial charge in [-0.05, 0) is 6.42 Å². The maximum absolute atomic E-state index is 10.6. The van der Waals surface area contributed by atoms with E-state index in [-0.39, 0.29) is 0 Å². The number of aliphatic carboxylic acids is 2. The van der Waals surface area contributed by atoms with E-state index < -0.39 is 24.3 Å². The first-order valence-electron chi connectivity index (χ1n) is 9.90. The van der Waals surface area contributed by atoms with Gasteiger partial charge in [0.2, 0.25) is 0 Å². The van der Waals surface area contributed by atoms with Crippen LogP contribution < -0.4 is 0 Å². The Bertz CT molecular complexity index is 790. The topological polar surface area (TPSA) is 108 Å². The van der Waals surface area contributed by atoms with Gasteiger partial charge in [-0.15, -0.1) is 6.58 Å². The number of piperazine rings is 1. The second-order valence-corrected chi connectivity index (χ2v) is 7.42. The fourth-order valence-electron chi connectivity index (χ4n) is 3.28. The van der Waals surface area contributed by atoms with Crippen molar-refractivity contribution < 1.29 is 50.9 Å². The van der Waals surface area contributed by atoms with Gasteiger partial charge in [0.15, 0.2) is 0 Å². The molecule has 0 spiro atoms. The number of halogens is 6. The molecule has 34 heavy (non-hydrogen) atoms. The summed E-state index contributed by atoms with van der Waals surface area (Å²) in [6, 6.07) is 0.638. The van der Waals surface area contributed by atoms with E-state index in [0.717, 1.165) is 45.0 Å². The summed E-state index contributed by atoms with van der Waals surface area (Å²) < 4.78 is 71.4. The predicted octanol–water partition coefficient (Wildman–Crippen LogP) is 2.15. The molecule has 0 bridgehead atoms. The van der Waals surface area contributed by atoms with Crippen LogP contribution in [0.25, 0.3) is 0 Å². The number of nitrogens with zero attached hydrogens (tertiary/aromatic N) is 4. The van der Waals surface area contributed by atoms with Gasteiger partial charge < -0.3 is 19.5 Å². The lowest BCUT2D eigenvalue weighted by Gasteiger charge is -2.36. The smallest absolute Gasteiger partial charge is 0.475 e. The Kier molecular flexibility index (Phi) is 11.0. The molecular weight excluding hydrogens is 478 g/mol. The minimum atomic E-state index is -5.08. The molecule has 1 aromatic rings. The van der Waals surface area contributed by atoms with Gasteiger partial charge in [-0.2, -0.15) is 26.3 Å². The molecular formula is C19H26F6N4O5. The molecule has 3 rings (SSSR count). The first kappa shape index (κ1) is 29.4. The van der Waals surface area contributed by atoms with Gasteiger partial charge in [-0.25, -0.2) is 14.6 Å². The molecule has 3 heterocycles. The SMILES string of the molecule is C=CCO[C@@H]1C[C@H]2CN(Cc3nccn3C)CCN2C1.O=C(O)C(F)(F)F.O=C(O)C(F)(F)F. The van der Waals surface area contributed by atoms with E-state index >= 15 is 0 Å². The maximum Gasteiger partial charge on any atom is 0.490 e. The van der Waals surface area contributed by atoms with Gasteiger partial charge in [0.05, 0.1) is 19.3 Å². The number of hydrogen-bond acceptors (Lipinski definition) is 6. The zero-order valence-electron chi connectivity index (χ0n) is 18.2. The quantitative estimate of drug-likeness (QED) is 0.464. The number of fused-ring (bicyclic) bond motifs is 1. The Labute approximate surface area is 191 Å². The van der Waals surface area contributed by atoms with Gasteiger partial charge in [0, 0.05) is 51.7 Å². The average molecular weight is 504 g/mol. The minimum Gasteiger partial charge on any atom is -0.475 e. The fourth-order valence-corrected chi connectivity index (χ4v) is 3.28. The Hall–Kier alpha value is -2.65. The standard InChI is InChI=1S/C15H24N4O.2C2HF3O2/c1-3-8-20-14-9-13-10-18(6-7-19(13)11-14)12-15-16-4-5-17(15)2;2*3-2(4,5)1(6)7/h3-5,13-14H,1,6-12H2,2H3;2*(H,6,7)/t13-,14+;;/m0../s1. The number of imidazole rings is 1. The van der Waals surface area contributed by atoms with Gasteiger partial charge in [0.25, 0.3) is 0 Å². The lowest BCUT2D eigenvalue weighted by atomic mass is 10.1. The van der Waals surface area contributed by atoms with E-state index in [0.29, 0.717) is 18.8 Å². The van der Waals surface area contributed by atoms with Crippen LogP contribution in [0, 0.1) is 0 Å². The molecule has 15 heteroatoms. The molecule has 0 aliphatic carbocycles. The number of rotatable bonds is 5. The zero-order chi connectivity index (χ0) is 26.1. The summed E-state index contributed by atoms with van der Waals surface area (Å²) in [6.07, 6.45) is -2.91. The van der Waals surface area contributed by atoms with Crippen molar-refractivity contribution in [2.45, 2.75) is 37.5 Å². The van der Waals surface area contributed by atoms with Crippen molar-refractivity contribution in [2.24, 2.45) is 7.05 Å². The lowest BCUT2D eigenvalue weighted by Crippen LogP contribution is -2.49. The van der Waals surface area contributed by atoms with Gasteiger partial charge in [-0.3, -0.25) is 9.80 Å². The summed E-state index contributed by atoms with van der Waals surface area (Å²) in [5.74, 6) is -4.36. The normalized spacial score (nSPS) is 20.9. The van der Waals surface area contributed by atoms with Crippen LogP contribution in [0.15, 0.2) is 25.0 Å². The van der Waals surface area contributed by atoms with Crippen molar-refractivity contribution in [3.05, 3.63) is 30.9 Å². The highest BCUT2D eigenvalue weighted by atomic mass is 19.4. The summed E-state index contributed by atoms with van der Waals surface area (Å²) in [4.78, 5) is 27.3. The van der Waals surface area contributed by atoms with Gasteiger partial charge in [0.1, 0.15) is 5.82 Å². The third kappa shape index (κ3) is 10.1. The second-order valence-electron chi connectivity index (χ2n) is 7.42. The van der Waals surface area contributed by atoms with E-state index in [1.807, 2.05) is 18.5 Å². The first-order valence-corrected chi connectivity index (χ1v) is 9.90. The fraction of sp³-hybridized carbons (Fsp3) is 0.632. The van der Waals surface area contributed by atoms with Crippen LogP contribution in [0.1, 0.15) is 12.2 Å². The number of alkyl halides is 6. The minimum absolute atomic E-state index is 0.381. The largest absolute Gasteiger partial charge is 0.490 e. The van der Waals surface area contributed by atoms with Crippen LogP contribution in [-0.4, -0.2) is 98.8 Å². The van der Waals surface area contributed by atoms with Crippen molar-refractivity contribution >= 4 is 11.9 Å². The monoisotopic (exact) mass is 504 g/mol. The van der Waals surface area contributed by atoms with Gasteiger partial charge >= 0.3 is 24.3 Å². The molecule has 2 atom stereocenters. The van der Waals surface area contributed by atoms with Crippen LogP contribution in [0.2, 0.25) is 0 Å². The van der Waals surface area contributed by atoms with Crippen molar-refractivity contribution in [1.29, 1.82) is 0 Å². The molecule has 2 aliphatic rings. The number of carboxylic acid groups (broad SMARTS) is 2.